The molecule has 9 heteroatoms. The molecular weight excluding hydrogens is 448 g/mol. The summed E-state index contributed by atoms with van der Waals surface area (Å²) in [6, 6.07) is 8.19. The summed E-state index contributed by atoms with van der Waals surface area (Å²) >= 11 is 0. The molecule has 1 aliphatic heterocycles. The average Bonchev–Trinajstić information content (AvgIpc) is 2.86. The molecule has 2 heterocycles. The molecule has 0 fully saturated rings. The molecule has 35 heavy (non-hydrogen) atoms. The van der Waals surface area contributed by atoms with E-state index in [4.69, 9.17) is 9.47 Å². The van der Waals surface area contributed by atoms with Crippen LogP contribution in [-0.4, -0.2) is 77.8 Å². The number of nitrogens with zero attached hydrogens (tertiary/aromatic N) is 3. The van der Waals surface area contributed by atoms with Gasteiger partial charge in [0.1, 0.15) is 17.4 Å². The number of pyridine rings is 1. The number of fused-ring (bicyclic) bond motifs is 1. The molecule has 0 saturated heterocycles. The van der Waals surface area contributed by atoms with E-state index in [9.17, 15) is 14.7 Å². The van der Waals surface area contributed by atoms with Crippen molar-refractivity contribution < 1.29 is 24.2 Å². The van der Waals surface area contributed by atoms with E-state index in [0.717, 1.165) is 5.56 Å². The Kier molecular flexibility index (Phi) is 8.70. The molecule has 3 rings (SSSR count). The van der Waals surface area contributed by atoms with Gasteiger partial charge in [-0.2, -0.15) is 0 Å². The first-order chi connectivity index (χ1) is 16.8. The number of amides is 3. The van der Waals surface area contributed by atoms with Gasteiger partial charge in [0.2, 0.25) is 5.88 Å². The Morgan fingerprint density at radius 2 is 2.20 bits per heavy atom. The van der Waals surface area contributed by atoms with Gasteiger partial charge in [-0.1, -0.05) is 25.1 Å². The zero-order valence-corrected chi connectivity index (χ0v) is 20.9. The lowest BCUT2D eigenvalue weighted by molar-refractivity contribution is 0.0356. The highest BCUT2D eigenvalue weighted by molar-refractivity contribution is 5.97. The Labute approximate surface area is 206 Å². The van der Waals surface area contributed by atoms with Crippen molar-refractivity contribution in [2.75, 3.05) is 39.2 Å². The number of aliphatic hydroxyl groups is 1. The topological polar surface area (TPSA) is 104 Å². The Balaban J connectivity index is 1.85. The number of allylic oxidation sites excluding steroid dienone is 1. The quantitative estimate of drug-likeness (QED) is 0.626. The van der Waals surface area contributed by atoms with Crippen molar-refractivity contribution in [3.05, 3.63) is 53.7 Å². The van der Waals surface area contributed by atoms with Crippen LogP contribution < -0.4 is 14.8 Å². The van der Waals surface area contributed by atoms with Crippen LogP contribution in [0, 0.1) is 5.92 Å². The van der Waals surface area contributed by atoms with Crippen molar-refractivity contribution in [1.82, 2.24) is 14.8 Å². The van der Waals surface area contributed by atoms with Crippen LogP contribution in [-0.2, 0) is 0 Å². The summed E-state index contributed by atoms with van der Waals surface area (Å²) in [6.45, 7) is 6.12. The summed E-state index contributed by atoms with van der Waals surface area (Å²) in [7, 11) is 3.26. The Morgan fingerprint density at radius 3 is 2.89 bits per heavy atom. The summed E-state index contributed by atoms with van der Waals surface area (Å²) in [6.07, 6.45) is 4.94. The third-order valence-electron chi connectivity index (χ3n) is 6.02. The van der Waals surface area contributed by atoms with E-state index < -0.39 is 6.10 Å². The minimum Gasteiger partial charge on any atom is -0.497 e. The molecule has 3 atom stereocenters. The molecule has 0 aliphatic carbocycles. The molecule has 0 saturated carbocycles. The molecule has 0 unspecified atom stereocenters. The van der Waals surface area contributed by atoms with Crippen molar-refractivity contribution in [3.8, 4) is 11.6 Å². The minimum absolute atomic E-state index is 0.134. The monoisotopic (exact) mass is 482 g/mol. The molecular formula is C26H34N4O5. The fourth-order valence-corrected chi connectivity index (χ4v) is 3.89. The lowest BCUT2D eigenvalue weighted by Crippen LogP contribution is -2.50. The van der Waals surface area contributed by atoms with Crippen LogP contribution in [0.5, 0.6) is 11.6 Å². The van der Waals surface area contributed by atoms with Crippen LogP contribution in [0.3, 0.4) is 0 Å². The van der Waals surface area contributed by atoms with Crippen molar-refractivity contribution >= 4 is 23.7 Å². The Bertz CT molecular complexity index is 1070. The molecule has 2 N–H and O–H groups in total. The van der Waals surface area contributed by atoms with Crippen molar-refractivity contribution in [1.29, 1.82) is 0 Å². The number of hydrogen-bond acceptors (Lipinski definition) is 6. The van der Waals surface area contributed by atoms with E-state index in [1.807, 2.05) is 26.0 Å². The second-order valence-corrected chi connectivity index (χ2v) is 8.79. The number of likely N-dealkylation sites (N-methyl/N-ethyl adjacent to an activating group) is 1. The molecule has 0 radical (unpaired) electrons. The lowest BCUT2D eigenvalue weighted by atomic mass is 10.00. The highest BCUT2D eigenvalue weighted by atomic mass is 16.5. The second kappa shape index (κ2) is 11.7. The number of aliphatic hydroxyl groups excluding tert-OH is 1. The van der Waals surface area contributed by atoms with Crippen LogP contribution in [0.1, 0.15) is 36.7 Å². The fraction of sp³-hybridized carbons (Fsp3) is 0.423. The van der Waals surface area contributed by atoms with Crippen molar-refractivity contribution in [2.24, 2.45) is 5.92 Å². The summed E-state index contributed by atoms with van der Waals surface area (Å²) < 4.78 is 11.5. The summed E-state index contributed by atoms with van der Waals surface area (Å²) in [5.41, 5.74) is 1.73. The van der Waals surface area contributed by atoms with Gasteiger partial charge in [0, 0.05) is 37.5 Å². The predicted octanol–water partition coefficient (Wildman–Crippen LogP) is 3.51. The summed E-state index contributed by atoms with van der Waals surface area (Å²) in [5, 5.41) is 12.6. The number of hydrogen-bond donors (Lipinski definition) is 2. The standard InChI is InChI=1S/C26H34N4O5/c1-6-8-19-11-22-24(27-13-19)35-23(17(2)14-30(25(22)32)18(3)16-31)15-29(4)26(33)28-20-9-7-10-21(12-20)34-5/h6-13,17-18,23,31H,14-16H2,1-5H3,(H,28,33)/b8-6+/t17-,18-,23-/m1/s1. The molecule has 188 valence electrons. The highest BCUT2D eigenvalue weighted by Gasteiger charge is 2.34. The Morgan fingerprint density at radius 1 is 1.43 bits per heavy atom. The number of carbonyl (C=O) groups is 2. The van der Waals surface area contributed by atoms with Gasteiger partial charge in [-0.25, -0.2) is 9.78 Å². The van der Waals surface area contributed by atoms with Crippen molar-refractivity contribution in [3.63, 3.8) is 0 Å². The van der Waals surface area contributed by atoms with Gasteiger partial charge in [0.15, 0.2) is 0 Å². The molecule has 1 aliphatic rings. The van der Waals surface area contributed by atoms with Gasteiger partial charge in [-0.3, -0.25) is 4.79 Å². The zero-order chi connectivity index (χ0) is 25.5. The van der Waals surface area contributed by atoms with E-state index >= 15 is 0 Å². The molecule has 1 aromatic carbocycles. The number of ether oxygens (including phenoxy) is 2. The molecule has 0 bridgehead atoms. The van der Waals surface area contributed by atoms with Gasteiger partial charge in [0.05, 0.1) is 26.3 Å². The van der Waals surface area contributed by atoms with Crippen LogP contribution >= 0.6 is 0 Å². The molecule has 0 spiro atoms. The number of rotatable bonds is 7. The first-order valence-electron chi connectivity index (χ1n) is 11.6. The maximum absolute atomic E-state index is 13.4. The number of aromatic nitrogens is 1. The van der Waals surface area contributed by atoms with E-state index in [2.05, 4.69) is 10.3 Å². The second-order valence-electron chi connectivity index (χ2n) is 8.79. The predicted molar refractivity (Wildman–Crippen MR) is 135 cm³/mol. The smallest absolute Gasteiger partial charge is 0.321 e. The zero-order valence-electron chi connectivity index (χ0n) is 20.9. The van der Waals surface area contributed by atoms with Crippen LogP contribution in [0.4, 0.5) is 10.5 Å². The van der Waals surface area contributed by atoms with Crippen LogP contribution in [0.15, 0.2) is 42.6 Å². The number of carbonyl (C=O) groups excluding carboxylic acids is 2. The Hall–Kier alpha value is -3.59. The van der Waals surface area contributed by atoms with E-state index in [1.165, 1.54) is 4.90 Å². The fourth-order valence-electron chi connectivity index (χ4n) is 3.89. The first-order valence-corrected chi connectivity index (χ1v) is 11.6. The maximum atomic E-state index is 13.4. The van der Waals surface area contributed by atoms with E-state index in [-0.39, 0.29) is 42.9 Å². The molecule has 3 amide bonds. The SMILES string of the molecule is C/C=C/c1cnc2c(c1)C(=O)N([C@H](C)CO)C[C@@H](C)[C@@H](CN(C)C(=O)Nc1cccc(OC)c1)O2. The minimum atomic E-state index is -0.434. The third-order valence-corrected chi connectivity index (χ3v) is 6.02. The van der Waals surface area contributed by atoms with E-state index in [0.29, 0.717) is 23.5 Å². The molecule has 9 nitrogen and oxygen atoms in total. The van der Waals surface area contributed by atoms with Crippen molar-refractivity contribution in [2.45, 2.75) is 32.9 Å². The lowest BCUT2D eigenvalue weighted by Gasteiger charge is -2.37. The maximum Gasteiger partial charge on any atom is 0.321 e. The number of methoxy groups -OCH3 is 1. The number of anilines is 1. The van der Waals surface area contributed by atoms with Gasteiger partial charge < -0.3 is 29.7 Å². The van der Waals surface area contributed by atoms with Crippen LogP contribution in [0.2, 0.25) is 0 Å². The summed E-state index contributed by atoms with van der Waals surface area (Å²) in [5.74, 6) is 0.488. The number of urea groups is 1. The molecule has 2 aromatic rings. The first kappa shape index (κ1) is 26.0. The number of nitrogens with one attached hydrogen (secondary N) is 1. The van der Waals surface area contributed by atoms with Gasteiger partial charge in [-0.05, 0) is 37.6 Å². The van der Waals surface area contributed by atoms with Gasteiger partial charge >= 0.3 is 6.03 Å². The normalized spacial score (nSPS) is 18.8. The summed E-state index contributed by atoms with van der Waals surface area (Å²) in [4.78, 5) is 33.9. The number of benzene rings is 1. The average molecular weight is 483 g/mol. The van der Waals surface area contributed by atoms with Gasteiger partial charge in [0.25, 0.3) is 5.91 Å². The highest BCUT2D eigenvalue weighted by Crippen LogP contribution is 2.28. The van der Waals surface area contributed by atoms with Crippen LogP contribution in [0.25, 0.3) is 6.08 Å². The van der Waals surface area contributed by atoms with Gasteiger partial charge in [-0.15, -0.1) is 0 Å². The molecule has 1 aromatic heterocycles. The van der Waals surface area contributed by atoms with E-state index in [1.54, 1.807) is 62.5 Å². The largest absolute Gasteiger partial charge is 0.497 e. The third kappa shape index (κ3) is 6.30.